The van der Waals surface area contributed by atoms with Gasteiger partial charge in [0.05, 0.1) is 50.2 Å². The molecule has 9 nitrogen and oxygen atoms in total. The first-order valence-corrected chi connectivity index (χ1v) is 14.1. The number of hydrogen-bond donors (Lipinski definition) is 1. The minimum Gasteiger partial charge on any atom is -0.497 e. The SMILES string of the molecule is CCC[C@H](C[C@@H]1CC[C@H]([C@@H](C)[C@H](OCc2ccc(OC)cc2)[C@H](C)[C@@H]2CC[C@H]([C@@H](C)C(=O)O)O2)O1)N=[N+]=[N-]. The molecule has 2 heterocycles. The topological polar surface area (TPSA) is 123 Å². The number of nitrogens with zero attached hydrogens (tertiary/aromatic N) is 3. The van der Waals surface area contributed by atoms with Gasteiger partial charge in [-0.2, -0.15) is 0 Å². The van der Waals surface area contributed by atoms with E-state index in [0.29, 0.717) is 6.61 Å². The highest BCUT2D eigenvalue weighted by atomic mass is 16.5. The monoisotopic (exact) mass is 531 g/mol. The van der Waals surface area contributed by atoms with Gasteiger partial charge in [0, 0.05) is 22.8 Å². The molecule has 0 bridgehead atoms. The van der Waals surface area contributed by atoms with E-state index in [1.807, 2.05) is 24.3 Å². The van der Waals surface area contributed by atoms with Crippen LogP contribution < -0.4 is 4.74 Å². The zero-order chi connectivity index (χ0) is 27.7. The maximum absolute atomic E-state index is 11.5. The minimum atomic E-state index is -0.823. The van der Waals surface area contributed by atoms with Gasteiger partial charge < -0.3 is 24.1 Å². The largest absolute Gasteiger partial charge is 0.497 e. The van der Waals surface area contributed by atoms with E-state index < -0.39 is 11.9 Å². The second kappa shape index (κ2) is 14.7. The van der Waals surface area contributed by atoms with Gasteiger partial charge in [-0.05, 0) is 68.7 Å². The number of methoxy groups -OCH3 is 1. The van der Waals surface area contributed by atoms with Crippen LogP contribution in [0.5, 0.6) is 5.75 Å². The summed E-state index contributed by atoms with van der Waals surface area (Å²) in [6.07, 6.45) is 5.64. The van der Waals surface area contributed by atoms with Crippen LogP contribution >= 0.6 is 0 Å². The second-order valence-corrected chi connectivity index (χ2v) is 11.0. The molecule has 0 aromatic heterocycles. The van der Waals surface area contributed by atoms with Crippen LogP contribution in [0, 0.1) is 17.8 Å². The fourth-order valence-electron chi connectivity index (χ4n) is 5.95. The van der Waals surface area contributed by atoms with Crippen molar-refractivity contribution in [2.75, 3.05) is 7.11 Å². The third-order valence-electron chi connectivity index (χ3n) is 8.36. The quantitative estimate of drug-likeness (QED) is 0.156. The van der Waals surface area contributed by atoms with Gasteiger partial charge in [0.2, 0.25) is 0 Å². The van der Waals surface area contributed by atoms with Crippen LogP contribution in [0.2, 0.25) is 0 Å². The van der Waals surface area contributed by atoms with Gasteiger partial charge in [0.15, 0.2) is 0 Å². The van der Waals surface area contributed by atoms with Crippen molar-refractivity contribution in [3.8, 4) is 5.75 Å². The van der Waals surface area contributed by atoms with Gasteiger partial charge in [0.25, 0.3) is 0 Å². The van der Waals surface area contributed by atoms with Gasteiger partial charge in [-0.3, -0.25) is 4.79 Å². The summed E-state index contributed by atoms with van der Waals surface area (Å²) in [4.78, 5) is 14.5. The van der Waals surface area contributed by atoms with E-state index in [0.717, 1.165) is 56.3 Å². The number of rotatable bonds is 15. The number of carboxylic acids is 1. The molecule has 0 radical (unpaired) electrons. The average molecular weight is 532 g/mol. The molecule has 1 aromatic carbocycles. The third-order valence-corrected chi connectivity index (χ3v) is 8.36. The van der Waals surface area contributed by atoms with Gasteiger partial charge in [0.1, 0.15) is 5.75 Å². The summed E-state index contributed by atoms with van der Waals surface area (Å²) in [6, 6.07) is 7.84. The Morgan fingerprint density at radius 2 is 1.71 bits per heavy atom. The van der Waals surface area contributed by atoms with E-state index >= 15 is 0 Å². The lowest BCUT2D eigenvalue weighted by molar-refractivity contribution is -0.148. The van der Waals surface area contributed by atoms with Crippen LogP contribution in [0.4, 0.5) is 0 Å². The molecule has 0 unspecified atom stereocenters. The molecule has 0 spiro atoms. The Balaban J connectivity index is 1.69. The number of benzene rings is 1. The Morgan fingerprint density at radius 3 is 2.32 bits per heavy atom. The fraction of sp³-hybridized carbons (Fsp3) is 0.759. The van der Waals surface area contributed by atoms with Crippen LogP contribution in [0.25, 0.3) is 10.4 Å². The zero-order valence-electron chi connectivity index (χ0n) is 23.5. The van der Waals surface area contributed by atoms with Gasteiger partial charge in [-0.15, -0.1) is 0 Å². The summed E-state index contributed by atoms with van der Waals surface area (Å²) < 4.78 is 24.7. The normalized spacial score (nSPS) is 27.2. The molecule has 0 saturated carbocycles. The van der Waals surface area contributed by atoms with Crippen molar-refractivity contribution < 1.29 is 28.8 Å². The van der Waals surface area contributed by atoms with Crippen molar-refractivity contribution >= 4 is 5.97 Å². The number of ether oxygens (including phenoxy) is 4. The van der Waals surface area contributed by atoms with E-state index in [-0.39, 0.29) is 48.4 Å². The van der Waals surface area contributed by atoms with Crippen molar-refractivity contribution in [1.82, 2.24) is 0 Å². The summed E-state index contributed by atoms with van der Waals surface area (Å²) in [7, 11) is 1.65. The lowest BCUT2D eigenvalue weighted by atomic mass is 9.84. The number of azide groups is 1. The minimum absolute atomic E-state index is 0.0341. The van der Waals surface area contributed by atoms with Gasteiger partial charge >= 0.3 is 5.97 Å². The molecule has 38 heavy (non-hydrogen) atoms. The molecule has 3 rings (SSSR count). The molecule has 9 atom stereocenters. The molecular weight excluding hydrogens is 486 g/mol. The molecule has 0 amide bonds. The van der Waals surface area contributed by atoms with Gasteiger partial charge in [-0.25, -0.2) is 0 Å². The molecule has 2 fully saturated rings. The van der Waals surface area contributed by atoms with E-state index in [2.05, 4.69) is 30.8 Å². The molecule has 1 aromatic rings. The first kappa shape index (κ1) is 30.2. The van der Waals surface area contributed by atoms with Crippen LogP contribution in [0.3, 0.4) is 0 Å². The van der Waals surface area contributed by atoms with Crippen molar-refractivity contribution in [2.24, 2.45) is 22.9 Å². The molecular formula is C29H45N3O6. The standard InChI is InChI=1S/C29H45N3O6/c1-6-7-22(31-32-30)16-24-12-13-25(37-24)18(2)28(36-17-21-8-10-23(35-5)11-9-21)19(3)26-14-15-27(38-26)20(4)29(33)34/h8-11,18-20,22,24-28H,6-7,12-17H2,1-5H3,(H,33,34)/t18-,19-,20-,22-,24+,25-,26+,27-,28+/m1/s1. The Bertz CT molecular complexity index is 921. The van der Waals surface area contributed by atoms with Crippen LogP contribution in [-0.2, 0) is 25.6 Å². The van der Waals surface area contributed by atoms with Crippen molar-refractivity contribution in [3.05, 3.63) is 40.3 Å². The van der Waals surface area contributed by atoms with E-state index in [1.165, 1.54) is 0 Å². The predicted molar refractivity (Wildman–Crippen MR) is 145 cm³/mol. The van der Waals surface area contributed by atoms with Gasteiger partial charge in [-0.1, -0.05) is 44.4 Å². The number of hydrogen-bond acceptors (Lipinski definition) is 6. The van der Waals surface area contributed by atoms with Crippen LogP contribution in [0.15, 0.2) is 29.4 Å². The number of carboxylic acid groups (broad SMARTS) is 1. The van der Waals surface area contributed by atoms with Crippen LogP contribution in [0.1, 0.15) is 78.2 Å². The Hall–Kier alpha value is -2.32. The third kappa shape index (κ3) is 8.09. The number of aliphatic carboxylic acids is 1. The first-order valence-electron chi connectivity index (χ1n) is 14.1. The maximum atomic E-state index is 11.5. The average Bonchev–Trinajstić information content (AvgIpc) is 3.59. The van der Waals surface area contributed by atoms with E-state index in [1.54, 1.807) is 14.0 Å². The maximum Gasteiger partial charge on any atom is 0.308 e. The summed E-state index contributed by atoms with van der Waals surface area (Å²) in [5.74, 6) is -0.381. The molecule has 212 valence electrons. The first-order chi connectivity index (χ1) is 18.3. The molecule has 2 aliphatic heterocycles. The van der Waals surface area contributed by atoms with E-state index in [4.69, 9.17) is 24.5 Å². The summed E-state index contributed by atoms with van der Waals surface area (Å²) in [5.41, 5.74) is 9.99. The zero-order valence-corrected chi connectivity index (χ0v) is 23.5. The summed E-state index contributed by atoms with van der Waals surface area (Å²) >= 11 is 0. The summed E-state index contributed by atoms with van der Waals surface area (Å²) in [6.45, 7) is 8.61. The predicted octanol–water partition coefficient (Wildman–Crippen LogP) is 6.54. The van der Waals surface area contributed by atoms with Crippen molar-refractivity contribution in [1.29, 1.82) is 0 Å². The smallest absolute Gasteiger partial charge is 0.308 e. The molecule has 0 aliphatic carbocycles. The van der Waals surface area contributed by atoms with Crippen LogP contribution in [-0.4, -0.2) is 54.7 Å². The molecule has 1 N–H and O–H groups in total. The second-order valence-electron chi connectivity index (χ2n) is 11.0. The lowest BCUT2D eigenvalue weighted by Crippen LogP contribution is -2.41. The highest BCUT2D eigenvalue weighted by Crippen LogP contribution is 2.38. The molecule has 2 saturated heterocycles. The van der Waals surface area contributed by atoms with Crippen molar-refractivity contribution in [3.63, 3.8) is 0 Å². The Morgan fingerprint density at radius 1 is 1.08 bits per heavy atom. The van der Waals surface area contributed by atoms with Crippen molar-refractivity contribution in [2.45, 2.75) is 116 Å². The lowest BCUT2D eigenvalue weighted by Gasteiger charge is -2.36. The highest BCUT2D eigenvalue weighted by molar-refractivity contribution is 5.70. The fourth-order valence-corrected chi connectivity index (χ4v) is 5.95. The molecule has 9 heteroatoms. The Labute approximate surface area is 226 Å². The highest BCUT2D eigenvalue weighted by Gasteiger charge is 2.42. The summed E-state index contributed by atoms with van der Waals surface area (Å²) in [5, 5.41) is 13.4. The Kier molecular flexibility index (Phi) is 11.7. The number of carbonyl (C=O) groups is 1. The van der Waals surface area contributed by atoms with E-state index in [9.17, 15) is 9.90 Å². The molecule has 2 aliphatic rings.